The van der Waals surface area contributed by atoms with Crippen LogP contribution in [0.2, 0.25) is 0 Å². The van der Waals surface area contributed by atoms with Crippen molar-refractivity contribution in [3.8, 4) is 5.75 Å². The van der Waals surface area contributed by atoms with E-state index in [1.54, 1.807) is 25.1 Å². The maximum atomic E-state index is 13.5. The lowest BCUT2D eigenvalue weighted by molar-refractivity contribution is -0.122. The Morgan fingerprint density at radius 1 is 0.861 bits per heavy atom. The molecule has 1 aliphatic rings. The van der Waals surface area contributed by atoms with Gasteiger partial charge in [0, 0.05) is 5.56 Å². The first kappa shape index (κ1) is 23.1. The van der Waals surface area contributed by atoms with Crippen molar-refractivity contribution in [1.82, 2.24) is 5.32 Å². The number of aryl methyl sites for hydroxylation is 2. The molecule has 1 N–H and O–H groups in total. The van der Waals surface area contributed by atoms with Crippen molar-refractivity contribution in [1.29, 1.82) is 0 Å². The topological polar surface area (TPSA) is 75.7 Å². The van der Waals surface area contributed by atoms with E-state index in [0.717, 1.165) is 32.4 Å². The summed E-state index contributed by atoms with van der Waals surface area (Å²) >= 11 is 0. The lowest BCUT2D eigenvalue weighted by Gasteiger charge is -2.27. The highest BCUT2D eigenvalue weighted by molar-refractivity contribution is 6.39. The van der Waals surface area contributed by atoms with Crippen molar-refractivity contribution in [3.63, 3.8) is 0 Å². The fraction of sp³-hybridized carbons (Fsp3) is 0.100. The SMILES string of the molecule is Cc1cccc(COc2ccc3ccccc3c2/C=C2\C(=O)NC(=O)N(c3ccccc3C)C2=O)c1. The molecule has 0 saturated carbocycles. The lowest BCUT2D eigenvalue weighted by atomic mass is 9.99. The van der Waals surface area contributed by atoms with E-state index in [4.69, 9.17) is 4.74 Å². The van der Waals surface area contributed by atoms with E-state index in [1.165, 1.54) is 6.08 Å². The predicted molar refractivity (Wildman–Crippen MR) is 140 cm³/mol. The minimum absolute atomic E-state index is 0.144. The van der Waals surface area contributed by atoms with Crippen LogP contribution in [0.5, 0.6) is 5.75 Å². The fourth-order valence-corrected chi connectivity index (χ4v) is 4.35. The second-order valence-electron chi connectivity index (χ2n) is 8.72. The van der Waals surface area contributed by atoms with Crippen LogP contribution >= 0.6 is 0 Å². The Hall–Kier alpha value is -4.71. The van der Waals surface area contributed by atoms with Crippen molar-refractivity contribution in [2.45, 2.75) is 20.5 Å². The van der Waals surface area contributed by atoms with Crippen LogP contribution in [-0.4, -0.2) is 17.8 Å². The van der Waals surface area contributed by atoms with Crippen LogP contribution in [0.15, 0.2) is 90.5 Å². The standard InChI is InChI=1S/C30H24N2O4/c1-19-8-7-10-21(16-19)18-36-27-15-14-22-11-4-5-12-23(22)24(27)17-25-28(33)31-30(35)32(29(25)34)26-13-6-3-9-20(26)2/h3-17H,18H2,1-2H3,(H,31,33,35)/b25-17+. The van der Waals surface area contributed by atoms with Crippen LogP contribution < -0.4 is 15.0 Å². The highest BCUT2D eigenvalue weighted by Gasteiger charge is 2.37. The van der Waals surface area contributed by atoms with E-state index >= 15 is 0 Å². The number of hydrogen-bond donors (Lipinski definition) is 1. The highest BCUT2D eigenvalue weighted by Crippen LogP contribution is 2.32. The van der Waals surface area contributed by atoms with Gasteiger partial charge in [0.05, 0.1) is 5.69 Å². The number of anilines is 1. The summed E-state index contributed by atoms with van der Waals surface area (Å²) in [5.41, 5.74) is 3.74. The molecule has 0 aromatic heterocycles. The zero-order chi connectivity index (χ0) is 25.2. The van der Waals surface area contributed by atoms with Crippen LogP contribution in [-0.2, 0) is 16.2 Å². The molecule has 1 aliphatic heterocycles. The minimum atomic E-state index is -0.773. The van der Waals surface area contributed by atoms with E-state index in [0.29, 0.717) is 23.6 Å². The molecule has 0 bridgehead atoms. The number of amides is 4. The van der Waals surface area contributed by atoms with Crippen molar-refractivity contribution in [2.24, 2.45) is 0 Å². The van der Waals surface area contributed by atoms with E-state index < -0.39 is 17.8 Å². The van der Waals surface area contributed by atoms with Crippen LogP contribution in [0.4, 0.5) is 10.5 Å². The van der Waals surface area contributed by atoms with Gasteiger partial charge in [-0.2, -0.15) is 0 Å². The molecule has 0 radical (unpaired) electrons. The third kappa shape index (κ3) is 4.36. The Morgan fingerprint density at radius 3 is 2.44 bits per heavy atom. The fourth-order valence-electron chi connectivity index (χ4n) is 4.35. The van der Waals surface area contributed by atoms with Crippen molar-refractivity contribution in [3.05, 3.63) is 113 Å². The monoisotopic (exact) mass is 476 g/mol. The average molecular weight is 477 g/mol. The number of nitrogens with zero attached hydrogens (tertiary/aromatic N) is 1. The average Bonchev–Trinajstić information content (AvgIpc) is 2.86. The number of carbonyl (C=O) groups is 3. The molecule has 6 nitrogen and oxygen atoms in total. The molecule has 0 unspecified atom stereocenters. The molecule has 0 spiro atoms. The molecule has 1 saturated heterocycles. The largest absolute Gasteiger partial charge is 0.488 e. The third-order valence-electron chi connectivity index (χ3n) is 6.15. The smallest absolute Gasteiger partial charge is 0.335 e. The quantitative estimate of drug-likeness (QED) is 0.296. The molecule has 36 heavy (non-hydrogen) atoms. The van der Waals surface area contributed by atoms with Gasteiger partial charge in [-0.3, -0.25) is 14.9 Å². The summed E-state index contributed by atoms with van der Waals surface area (Å²) < 4.78 is 6.18. The lowest BCUT2D eigenvalue weighted by Crippen LogP contribution is -2.54. The van der Waals surface area contributed by atoms with Crippen LogP contribution in [0.3, 0.4) is 0 Å². The summed E-state index contributed by atoms with van der Waals surface area (Å²) in [5, 5.41) is 4.06. The Bertz CT molecular complexity index is 1550. The van der Waals surface area contributed by atoms with E-state index in [1.807, 2.05) is 73.7 Å². The molecule has 1 heterocycles. The van der Waals surface area contributed by atoms with Gasteiger partial charge in [0.2, 0.25) is 0 Å². The molecule has 4 aromatic rings. The number of imide groups is 2. The Labute approximate surface area is 208 Å². The molecule has 0 atom stereocenters. The summed E-state index contributed by atoms with van der Waals surface area (Å²) in [5.74, 6) is -0.898. The van der Waals surface area contributed by atoms with Gasteiger partial charge in [-0.1, -0.05) is 78.4 Å². The molecule has 1 fully saturated rings. The number of para-hydroxylation sites is 1. The van der Waals surface area contributed by atoms with Crippen LogP contribution in [0.25, 0.3) is 16.8 Å². The number of barbiturate groups is 1. The maximum absolute atomic E-state index is 13.5. The second kappa shape index (κ2) is 9.50. The second-order valence-corrected chi connectivity index (χ2v) is 8.72. The Morgan fingerprint density at radius 2 is 1.64 bits per heavy atom. The number of fused-ring (bicyclic) bond motifs is 1. The number of ether oxygens (including phenoxy) is 1. The molecule has 6 heteroatoms. The molecular formula is C30H24N2O4. The van der Waals surface area contributed by atoms with Gasteiger partial charge < -0.3 is 4.74 Å². The number of urea groups is 1. The van der Waals surface area contributed by atoms with Gasteiger partial charge in [-0.25, -0.2) is 9.69 Å². The molecule has 4 aromatic carbocycles. The van der Waals surface area contributed by atoms with Crippen molar-refractivity contribution >= 4 is 40.4 Å². The number of benzene rings is 4. The van der Waals surface area contributed by atoms with Gasteiger partial charge in [-0.05, 0) is 54.0 Å². The van der Waals surface area contributed by atoms with Gasteiger partial charge in [0.1, 0.15) is 17.9 Å². The summed E-state index contributed by atoms with van der Waals surface area (Å²) in [6.07, 6.45) is 1.52. The summed E-state index contributed by atoms with van der Waals surface area (Å²) in [4.78, 5) is 40.0. The number of carbonyl (C=O) groups excluding carboxylic acids is 3. The van der Waals surface area contributed by atoms with E-state index in [2.05, 4.69) is 5.32 Å². The van der Waals surface area contributed by atoms with Crippen LogP contribution in [0, 0.1) is 13.8 Å². The first-order chi connectivity index (χ1) is 17.4. The summed E-state index contributed by atoms with van der Waals surface area (Å²) in [7, 11) is 0. The van der Waals surface area contributed by atoms with Gasteiger partial charge in [0.15, 0.2) is 0 Å². The first-order valence-corrected chi connectivity index (χ1v) is 11.6. The summed E-state index contributed by atoms with van der Waals surface area (Å²) in [6.45, 7) is 4.14. The maximum Gasteiger partial charge on any atom is 0.335 e. The first-order valence-electron chi connectivity index (χ1n) is 11.6. The van der Waals surface area contributed by atoms with Crippen molar-refractivity contribution < 1.29 is 19.1 Å². The molecular weight excluding hydrogens is 452 g/mol. The van der Waals surface area contributed by atoms with Gasteiger partial charge in [0.25, 0.3) is 11.8 Å². The van der Waals surface area contributed by atoms with Crippen LogP contribution in [0.1, 0.15) is 22.3 Å². The van der Waals surface area contributed by atoms with E-state index in [-0.39, 0.29) is 5.57 Å². The molecule has 0 aliphatic carbocycles. The molecule has 5 rings (SSSR count). The van der Waals surface area contributed by atoms with Gasteiger partial charge >= 0.3 is 6.03 Å². The number of nitrogens with one attached hydrogen (secondary N) is 1. The van der Waals surface area contributed by atoms with E-state index in [9.17, 15) is 14.4 Å². The summed E-state index contributed by atoms with van der Waals surface area (Å²) in [6, 6.07) is 25.7. The highest BCUT2D eigenvalue weighted by atomic mass is 16.5. The zero-order valence-electron chi connectivity index (χ0n) is 19.9. The molecule has 4 amide bonds. The molecule has 178 valence electrons. The van der Waals surface area contributed by atoms with Gasteiger partial charge in [-0.15, -0.1) is 0 Å². The Kier molecular flexibility index (Phi) is 6.09. The normalized spacial score (nSPS) is 14.9. The third-order valence-corrected chi connectivity index (χ3v) is 6.15. The van der Waals surface area contributed by atoms with Crippen molar-refractivity contribution in [2.75, 3.05) is 4.90 Å². The number of hydrogen-bond acceptors (Lipinski definition) is 4. The Balaban J connectivity index is 1.59. The number of rotatable bonds is 5. The minimum Gasteiger partial charge on any atom is -0.488 e. The zero-order valence-corrected chi connectivity index (χ0v) is 19.9. The predicted octanol–water partition coefficient (Wildman–Crippen LogP) is 5.70.